The maximum absolute atomic E-state index is 4.92. The number of benzene rings is 3. The SMILES string of the molecule is CSc1ccc(C2=[N+]C(c3ccccc3)=C(c3ccccc3)N2)cc1. The van der Waals surface area contributed by atoms with Crippen LogP contribution in [0.2, 0.25) is 0 Å². The Bertz CT molecular complexity index is 927. The fourth-order valence-corrected chi connectivity index (χ4v) is 3.29. The number of amidine groups is 1. The molecular formula is C22H18N2S+. The number of hydrogen-bond acceptors (Lipinski definition) is 3. The lowest BCUT2D eigenvalue weighted by molar-refractivity contribution is 1.30. The van der Waals surface area contributed by atoms with E-state index in [0.29, 0.717) is 0 Å². The van der Waals surface area contributed by atoms with Crippen molar-refractivity contribution in [3.63, 3.8) is 0 Å². The second-order valence-electron chi connectivity index (χ2n) is 5.77. The van der Waals surface area contributed by atoms with Crippen LogP contribution in [0.1, 0.15) is 16.7 Å². The molecule has 0 bridgehead atoms. The molecule has 25 heavy (non-hydrogen) atoms. The quantitative estimate of drug-likeness (QED) is 0.700. The molecule has 1 aliphatic heterocycles. The van der Waals surface area contributed by atoms with E-state index < -0.39 is 0 Å². The molecule has 0 amide bonds. The highest BCUT2D eigenvalue weighted by molar-refractivity contribution is 7.98. The Morgan fingerprint density at radius 1 is 0.680 bits per heavy atom. The fraction of sp³-hybridized carbons (Fsp3) is 0.0455. The van der Waals surface area contributed by atoms with Crippen molar-refractivity contribution in [1.82, 2.24) is 10.3 Å². The van der Waals surface area contributed by atoms with E-state index in [-0.39, 0.29) is 0 Å². The monoisotopic (exact) mass is 342 g/mol. The van der Waals surface area contributed by atoms with Crippen LogP contribution in [0.25, 0.3) is 11.4 Å². The molecule has 1 heterocycles. The minimum Gasteiger partial charge on any atom is -0.233 e. The van der Waals surface area contributed by atoms with Crippen LogP contribution in [0.4, 0.5) is 0 Å². The van der Waals surface area contributed by atoms with Gasteiger partial charge in [-0.3, -0.25) is 0 Å². The van der Waals surface area contributed by atoms with E-state index in [2.05, 4.69) is 72.2 Å². The van der Waals surface area contributed by atoms with Crippen LogP contribution >= 0.6 is 11.8 Å². The van der Waals surface area contributed by atoms with Crippen molar-refractivity contribution in [1.29, 1.82) is 0 Å². The highest BCUT2D eigenvalue weighted by atomic mass is 32.2. The topological polar surface area (TPSA) is 26.1 Å². The van der Waals surface area contributed by atoms with Crippen molar-refractivity contribution in [3.8, 4) is 0 Å². The van der Waals surface area contributed by atoms with Crippen molar-refractivity contribution >= 4 is 29.0 Å². The first-order chi connectivity index (χ1) is 12.3. The van der Waals surface area contributed by atoms with Crippen LogP contribution in [0, 0.1) is 0 Å². The van der Waals surface area contributed by atoms with E-state index in [1.165, 1.54) is 4.90 Å². The molecule has 0 atom stereocenters. The number of nitrogens with zero attached hydrogens (tertiary/aromatic N) is 1. The first-order valence-electron chi connectivity index (χ1n) is 8.20. The molecule has 0 aliphatic carbocycles. The lowest BCUT2D eigenvalue weighted by Gasteiger charge is -2.02. The molecule has 0 fully saturated rings. The Kier molecular flexibility index (Phi) is 4.40. The third-order valence-electron chi connectivity index (χ3n) is 4.18. The first kappa shape index (κ1) is 15.7. The Hall–Kier alpha value is -2.78. The van der Waals surface area contributed by atoms with E-state index in [1.54, 1.807) is 11.8 Å². The van der Waals surface area contributed by atoms with Gasteiger partial charge in [-0.2, -0.15) is 0 Å². The minimum atomic E-state index is 0.894. The molecule has 3 heteroatoms. The van der Waals surface area contributed by atoms with Crippen LogP contribution < -0.4 is 10.3 Å². The molecule has 0 saturated heterocycles. The van der Waals surface area contributed by atoms with Gasteiger partial charge < -0.3 is 0 Å². The van der Waals surface area contributed by atoms with E-state index in [0.717, 1.165) is 33.9 Å². The van der Waals surface area contributed by atoms with Gasteiger partial charge in [0.05, 0.1) is 5.56 Å². The van der Waals surface area contributed by atoms with E-state index >= 15 is 0 Å². The van der Waals surface area contributed by atoms with Crippen molar-refractivity contribution in [2.24, 2.45) is 0 Å². The Morgan fingerprint density at radius 3 is 1.88 bits per heavy atom. The molecule has 2 nitrogen and oxygen atoms in total. The van der Waals surface area contributed by atoms with Gasteiger partial charge in [-0.1, -0.05) is 60.7 Å². The van der Waals surface area contributed by atoms with Gasteiger partial charge >= 0.3 is 5.84 Å². The second-order valence-corrected chi connectivity index (χ2v) is 6.65. The summed E-state index contributed by atoms with van der Waals surface area (Å²) in [6.45, 7) is 0. The zero-order valence-corrected chi connectivity index (χ0v) is 14.8. The molecule has 1 aliphatic rings. The van der Waals surface area contributed by atoms with Crippen LogP contribution in [0.5, 0.6) is 0 Å². The lowest BCUT2D eigenvalue weighted by atomic mass is 10.1. The van der Waals surface area contributed by atoms with Crippen molar-refractivity contribution in [3.05, 3.63) is 102 Å². The molecule has 3 aromatic carbocycles. The van der Waals surface area contributed by atoms with E-state index in [4.69, 9.17) is 4.99 Å². The Labute approximate surface area is 152 Å². The van der Waals surface area contributed by atoms with Gasteiger partial charge in [0.2, 0.25) is 5.70 Å². The molecule has 3 aromatic rings. The molecule has 0 saturated carbocycles. The largest absolute Gasteiger partial charge is 0.329 e. The van der Waals surface area contributed by atoms with E-state index in [9.17, 15) is 0 Å². The lowest BCUT2D eigenvalue weighted by Crippen LogP contribution is -2.21. The number of aliphatic imine (C=N–C) groups is 1. The van der Waals surface area contributed by atoms with Gasteiger partial charge in [-0.05, 0) is 35.5 Å². The summed E-state index contributed by atoms with van der Waals surface area (Å²) < 4.78 is 0. The zero-order chi connectivity index (χ0) is 17.1. The van der Waals surface area contributed by atoms with Gasteiger partial charge in [0.15, 0.2) is 5.70 Å². The first-order valence-corrected chi connectivity index (χ1v) is 9.43. The van der Waals surface area contributed by atoms with Crippen LogP contribution in [-0.4, -0.2) is 12.1 Å². The number of thioether (sulfide) groups is 1. The molecule has 0 spiro atoms. The zero-order valence-electron chi connectivity index (χ0n) is 13.9. The summed E-state index contributed by atoms with van der Waals surface area (Å²) in [6.07, 6.45) is 2.09. The van der Waals surface area contributed by atoms with Crippen molar-refractivity contribution in [2.75, 3.05) is 6.26 Å². The van der Waals surface area contributed by atoms with Crippen LogP contribution in [-0.2, 0) is 0 Å². The fourth-order valence-electron chi connectivity index (χ4n) is 2.88. The summed E-state index contributed by atoms with van der Waals surface area (Å²) in [5, 5.41) is 3.53. The summed E-state index contributed by atoms with van der Waals surface area (Å²) in [6, 6.07) is 29.2. The Morgan fingerprint density at radius 2 is 1.28 bits per heavy atom. The molecule has 1 N–H and O–H groups in total. The number of rotatable bonds is 4. The summed E-state index contributed by atoms with van der Waals surface area (Å²) in [4.78, 5) is 6.17. The highest BCUT2D eigenvalue weighted by Crippen LogP contribution is 2.26. The second kappa shape index (κ2) is 6.99. The van der Waals surface area contributed by atoms with Crippen molar-refractivity contribution < 1.29 is 0 Å². The molecule has 121 valence electrons. The molecule has 0 aromatic heterocycles. The smallest absolute Gasteiger partial charge is 0.233 e. The summed E-state index contributed by atoms with van der Waals surface area (Å²) in [5.41, 5.74) is 5.38. The molecular weight excluding hydrogens is 324 g/mol. The van der Waals surface area contributed by atoms with Gasteiger partial charge in [-0.25, -0.2) is 5.32 Å². The van der Waals surface area contributed by atoms with Crippen LogP contribution in [0.3, 0.4) is 0 Å². The molecule has 0 unspecified atom stereocenters. The number of hydrogen-bond donors (Lipinski definition) is 1. The summed E-state index contributed by atoms with van der Waals surface area (Å²) in [7, 11) is 0. The third kappa shape index (κ3) is 3.24. The Balaban J connectivity index is 1.77. The number of nitrogens with one attached hydrogen (secondary N) is 1. The van der Waals surface area contributed by atoms with E-state index in [1.807, 2.05) is 24.3 Å². The minimum absolute atomic E-state index is 0.894. The normalized spacial score (nSPS) is 13.6. The molecule has 1 radical (unpaired) electrons. The van der Waals surface area contributed by atoms with Crippen molar-refractivity contribution in [2.45, 2.75) is 4.90 Å². The highest BCUT2D eigenvalue weighted by Gasteiger charge is 2.31. The predicted octanol–water partition coefficient (Wildman–Crippen LogP) is 4.62. The van der Waals surface area contributed by atoms with Gasteiger partial charge in [-0.15, -0.1) is 11.8 Å². The van der Waals surface area contributed by atoms with Crippen LogP contribution in [0.15, 0.2) is 89.8 Å². The van der Waals surface area contributed by atoms with Gasteiger partial charge in [0.25, 0.3) is 0 Å². The summed E-state index contributed by atoms with van der Waals surface area (Å²) in [5.74, 6) is 0.894. The maximum atomic E-state index is 4.92. The average molecular weight is 342 g/mol. The predicted molar refractivity (Wildman–Crippen MR) is 107 cm³/mol. The summed E-state index contributed by atoms with van der Waals surface area (Å²) >= 11 is 1.74. The third-order valence-corrected chi connectivity index (χ3v) is 4.92. The van der Waals surface area contributed by atoms with Gasteiger partial charge in [0, 0.05) is 16.0 Å². The average Bonchev–Trinajstić information content (AvgIpc) is 3.15. The van der Waals surface area contributed by atoms with Gasteiger partial charge in [0.1, 0.15) is 0 Å². The standard InChI is InChI=1S/C22H18N2S/c1-25-19-14-12-18(13-15-19)22-23-20(16-8-4-2-5-9-16)21(24-22)17-10-6-3-7-11-17/h2-15,23H,1H3/q+1. The molecule has 4 rings (SSSR count). The maximum Gasteiger partial charge on any atom is 0.329 e.